The number of benzene rings is 2. The minimum Gasteiger partial charge on any atom is -0.459 e. The molecule has 1 aliphatic heterocycles. The number of anilines is 1. The molecule has 2 amide bonds. The number of hydrogen-bond acceptors (Lipinski definition) is 5. The van der Waals surface area contributed by atoms with Crippen molar-refractivity contribution in [2.24, 2.45) is 0 Å². The van der Waals surface area contributed by atoms with Crippen LogP contribution in [0.2, 0.25) is 0 Å². The van der Waals surface area contributed by atoms with Gasteiger partial charge in [0.25, 0.3) is 5.91 Å². The third-order valence-electron chi connectivity index (χ3n) is 5.62. The predicted octanol–water partition coefficient (Wildman–Crippen LogP) is 4.92. The van der Waals surface area contributed by atoms with Crippen LogP contribution >= 0.6 is 11.3 Å². The van der Waals surface area contributed by atoms with E-state index in [1.807, 2.05) is 61.5 Å². The topological polar surface area (TPSA) is 75.4 Å². The van der Waals surface area contributed by atoms with Crippen LogP contribution in [0.3, 0.4) is 0 Å². The molecule has 0 unspecified atom stereocenters. The second-order valence-corrected chi connectivity index (χ2v) is 8.88. The second-order valence-electron chi connectivity index (χ2n) is 7.68. The molecule has 2 aromatic heterocycles. The molecule has 32 heavy (non-hydrogen) atoms. The Kier molecular flexibility index (Phi) is 5.33. The van der Waals surface area contributed by atoms with E-state index in [2.05, 4.69) is 10.3 Å². The van der Waals surface area contributed by atoms with Gasteiger partial charge in [-0.15, -0.1) is 11.3 Å². The number of carbonyl (C=O) groups is 2. The smallest absolute Gasteiger partial charge is 0.290 e. The standard InChI is InChI=1S/C25H21N3O3S/c1-16-22(17-8-3-2-4-9-17)26-25(32-16)27-23(29)20-14-18-10-5-6-11-19(18)15-28(20)24(30)21-12-7-13-31-21/h2-13,20H,14-15H2,1H3,(H,26,27,29)/t20-/m0/s1. The summed E-state index contributed by atoms with van der Waals surface area (Å²) < 4.78 is 5.32. The van der Waals surface area contributed by atoms with Crippen molar-refractivity contribution in [1.82, 2.24) is 9.88 Å². The lowest BCUT2D eigenvalue weighted by molar-refractivity contribution is -0.121. The van der Waals surface area contributed by atoms with Gasteiger partial charge in [-0.2, -0.15) is 0 Å². The molecule has 0 saturated carbocycles. The Morgan fingerprint density at radius 1 is 1.03 bits per heavy atom. The Hall–Kier alpha value is -3.71. The first-order chi connectivity index (χ1) is 15.6. The predicted molar refractivity (Wildman–Crippen MR) is 123 cm³/mol. The number of aryl methyl sites for hydroxylation is 1. The van der Waals surface area contributed by atoms with Crippen LogP contribution in [0.1, 0.15) is 26.6 Å². The number of rotatable bonds is 4. The summed E-state index contributed by atoms with van der Waals surface area (Å²) in [7, 11) is 0. The van der Waals surface area contributed by atoms with Crippen molar-refractivity contribution in [2.45, 2.75) is 25.9 Å². The zero-order valence-electron chi connectivity index (χ0n) is 17.4. The largest absolute Gasteiger partial charge is 0.459 e. The summed E-state index contributed by atoms with van der Waals surface area (Å²) in [5.41, 5.74) is 3.95. The van der Waals surface area contributed by atoms with Crippen LogP contribution in [0, 0.1) is 6.92 Å². The number of fused-ring (bicyclic) bond motifs is 1. The van der Waals surface area contributed by atoms with Crippen LogP contribution in [0.15, 0.2) is 77.4 Å². The Morgan fingerprint density at radius 3 is 2.53 bits per heavy atom. The van der Waals surface area contributed by atoms with Gasteiger partial charge in [0.1, 0.15) is 6.04 Å². The third-order valence-corrected chi connectivity index (χ3v) is 6.50. The molecule has 0 bridgehead atoms. The number of aromatic nitrogens is 1. The van der Waals surface area contributed by atoms with E-state index in [-0.39, 0.29) is 17.6 Å². The fraction of sp³-hybridized carbons (Fsp3) is 0.160. The summed E-state index contributed by atoms with van der Waals surface area (Å²) in [5.74, 6) is -0.337. The maximum Gasteiger partial charge on any atom is 0.290 e. The molecule has 5 rings (SSSR count). The molecule has 0 radical (unpaired) electrons. The third kappa shape index (κ3) is 3.83. The molecule has 1 N–H and O–H groups in total. The quantitative estimate of drug-likeness (QED) is 0.486. The second kappa shape index (κ2) is 8.43. The van der Waals surface area contributed by atoms with E-state index >= 15 is 0 Å². The van der Waals surface area contributed by atoms with Gasteiger partial charge in [0.15, 0.2) is 10.9 Å². The zero-order chi connectivity index (χ0) is 22.1. The average Bonchev–Trinajstić information content (AvgIpc) is 3.48. The van der Waals surface area contributed by atoms with Crippen LogP contribution in [0.25, 0.3) is 11.3 Å². The number of amides is 2. The lowest BCUT2D eigenvalue weighted by Gasteiger charge is -2.35. The highest BCUT2D eigenvalue weighted by atomic mass is 32.1. The average molecular weight is 444 g/mol. The van der Waals surface area contributed by atoms with Gasteiger partial charge < -0.3 is 14.6 Å². The van der Waals surface area contributed by atoms with Gasteiger partial charge in [0.2, 0.25) is 5.91 Å². The molecule has 0 spiro atoms. The van der Waals surface area contributed by atoms with Crippen LogP contribution < -0.4 is 5.32 Å². The van der Waals surface area contributed by atoms with E-state index in [9.17, 15) is 9.59 Å². The van der Waals surface area contributed by atoms with Gasteiger partial charge in [0.05, 0.1) is 12.0 Å². The van der Waals surface area contributed by atoms with Crippen molar-refractivity contribution in [3.8, 4) is 11.3 Å². The number of nitrogens with zero attached hydrogens (tertiary/aromatic N) is 2. The summed E-state index contributed by atoms with van der Waals surface area (Å²) in [6.45, 7) is 2.33. The lowest BCUT2D eigenvalue weighted by atomic mass is 9.93. The maximum absolute atomic E-state index is 13.3. The minimum absolute atomic E-state index is 0.221. The number of thiazole rings is 1. The fourth-order valence-electron chi connectivity index (χ4n) is 4.01. The summed E-state index contributed by atoms with van der Waals surface area (Å²) in [6, 6.07) is 20.4. The van der Waals surface area contributed by atoms with Crippen LogP contribution in [-0.2, 0) is 17.8 Å². The first kappa shape index (κ1) is 20.2. The summed E-state index contributed by atoms with van der Waals surface area (Å²) >= 11 is 1.43. The van der Waals surface area contributed by atoms with Gasteiger partial charge in [0, 0.05) is 23.4 Å². The van der Waals surface area contributed by atoms with E-state index in [1.54, 1.807) is 17.0 Å². The van der Waals surface area contributed by atoms with Crippen molar-refractivity contribution in [1.29, 1.82) is 0 Å². The Labute approximate surface area is 189 Å². The molecular weight excluding hydrogens is 422 g/mol. The van der Waals surface area contributed by atoms with E-state index in [0.717, 1.165) is 27.3 Å². The number of nitrogens with one attached hydrogen (secondary N) is 1. The highest BCUT2D eigenvalue weighted by Crippen LogP contribution is 2.31. The molecule has 2 aromatic carbocycles. The first-order valence-corrected chi connectivity index (χ1v) is 11.2. The minimum atomic E-state index is -0.660. The Bertz CT molecular complexity index is 1260. The molecule has 0 aliphatic carbocycles. The molecule has 1 aliphatic rings. The molecule has 0 fully saturated rings. The van der Waals surface area contributed by atoms with Crippen molar-refractivity contribution < 1.29 is 14.0 Å². The first-order valence-electron chi connectivity index (χ1n) is 10.3. The van der Waals surface area contributed by atoms with Gasteiger partial charge in [-0.3, -0.25) is 9.59 Å². The molecule has 1 atom stereocenters. The number of furan rings is 1. The Balaban J connectivity index is 1.42. The van der Waals surface area contributed by atoms with E-state index in [0.29, 0.717) is 18.1 Å². The van der Waals surface area contributed by atoms with E-state index < -0.39 is 6.04 Å². The van der Waals surface area contributed by atoms with Crippen LogP contribution in [0.4, 0.5) is 5.13 Å². The van der Waals surface area contributed by atoms with Crippen LogP contribution in [-0.4, -0.2) is 27.7 Å². The van der Waals surface area contributed by atoms with Gasteiger partial charge in [-0.1, -0.05) is 54.6 Å². The molecular formula is C25H21N3O3S. The summed E-state index contributed by atoms with van der Waals surface area (Å²) in [5, 5.41) is 3.47. The summed E-state index contributed by atoms with van der Waals surface area (Å²) in [6.07, 6.45) is 1.90. The molecule has 3 heterocycles. The van der Waals surface area contributed by atoms with Crippen LogP contribution in [0.5, 0.6) is 0 Å². The number of carbonyl (C=O) groups excluding carboxylic acids is 2. The van der Waals surface area contributed by atoms with Gasteiger partial charge in [-0.25, -0.2) is 4.98 Å². The van der Waals surface area contributed by atoms with Gasteiger partial charge in [-0.05, 0) is 30.2 Å². The van der Waals surface area contributed by atoms with Crippen molar-refractivity contribution in [3.63, 3.8) is 0 Å². The summed E-state index contributed by atoms with van der Waals surface area (Å²) in [4.78, 5) is 33.7. The molecule has 160 valence electrons. The molecule has 4 aromatic rings. The lowest BCUT2D eigenvalue weighted by Crippen LogP contribution is -2.50. The molecule has 7 heteroatoms. The Morgan fingerprint density at radius 2 is 1.78 bits per heavy atom. The van der Waals surface area contributed by atoms with E-state index in [1.165, 1.54) is 17.6 Å². The zero-order valence-corrected chi connectivity index (χ0v) is 18.3. The highest BCUT2D eigenvalue weighted by Gasteiger charge is 2.36. The SMILES string of the molecule is Cc1sc(NC(=O)[C@@H]2Cc3ccccc3CN2C(=O)c2ccco2)nc1-c1ccccc1. The molecule has 6 nitrogen and oxygen atoms in total. The normalized spacial score (nSPS) is 15.3. The van der Waals surface area contributed by atoms with Crippen molar-refractivity contribution in [3.05, 3.63) is 94.8 Å². The van der Waals surface area contributed by atoms with E-state index in [4.69, 9.17) is 4.42 Å². The molecule has 0 saturated heterocycles. The van der Waals surface area contributed by atoms with Gasteiger partial charge >= 0.3 is 0 Å². The number of hydrogen-bond donors (Lipinski definition) is 1. The maximum atomic E-state index is 13.3. The van der Waals surface area contributed by atoms with Crippen molar-refractivity contribution >= 4 is 28.3 Å². The highest BCUT2D eigenvalue weighted by molar-refractivity contribution is 7.16. The monoisotopic (exact) mass is 443 g/mol. The fourth-order valence-corrected chi connectivity index (χ4v) is 4.85. The van der Waals surface area contributed by atoms with Crippen molar-refractivity contribution in [2.75, 3.05) is 5.32 Å².